The molecule has 2 N–H and O–H groups in total. The van der Waals surface area contributed by atoms with E-state index in [1.807, 2.05) is 0 Å². The maximum atomic E-state index is 12.9. The summed E-state index contributed by atoms with van der Waals surface area (Å²) in [6, 6.07) is 4.99. The fraction of sp³-hybridized carbons (Fsp3) is 0.455. The number of benzene rings is 1. The molecule has 0 saturated heterocycles. The topological polar surface area (TPSA) is 32.3 Å². The van der Waals surface area contributed by atoms with E-state index in [4.69, 9.17) is 5.11 Å². The van der Waals surface area contributed by atoms with Gasteiger partial charge in [0.2, 0.25) is 0 Å². The van der Waals surface area contributed by atoms with Crippen molar-refractivity contribution in [2.75, 3.05) is 13.2 Å². The zero-order valence-electron chi connectivity index (χ0n) is 8.47. The van der Waals surface area contributed by atoms with Gasteiger partial charge in [-0.05, 0) is 53.0 Å². The zero-order chi connectivity index (χ0) is 11.1. The van der Waals surface area contributed by atoms with E-state index in [9.17, 15) is 4.39 Å². The van der Waals surface area contributed by atoms with Crippen molar-refractivity contribution in [2.45, 2.75) is 19.4 Å². The van der Waals surface area contributed by atoms with Crippen molar-refractivity contribution in [1.82, 2.24) is 5.32 Å². The molecule has 0 atom stereocenters. The Bertz CT molecular complexity index is 307. The summed E-state index contributed by atoms with van der Waals surface area (Å²) in [5.41, 5.74) is 1.05. The maximum absolute atomic E-state index is 12.9. The molecule has 1 aromatic rings. The number of rotatable bonds is 6. The Kier molecular flexibility index (Phi) is 5.83. The second-order valence-electron chi connectivity index (χ2n) is 3.36. The van der Waals surface area contributed by atoms with Gasteiger partial charge in [0, 0.05) is 13.2 Å². The molecule has 0 aliphatic rings. The summed E-state index contributed by atoms with van der Waals surface area (Å²) >= 11 is 3.14. The normalized spacial score (nSPS) is 10.6. The smallest absolute Gasteiger partial charge is 0.137 e. The summed E-state index contributed by atoms with van der Waals surface area (Å²) in [5.74, 6) is -0.237. The minimum atomic E-state index is -0.237. The molecule has 0 aromatic heterocycles. The highest BCUT2D eigenvalue weighted by Crippen LogP contribution is 2.16. The van der Waals surface area contributed by atoms with Gasteiger partial charge in [-0.15, -0.1) is 0 Å². The van der Waals surface area contributed by atoms with Gasteiger partial charge in [-0.1, -0.05) is 6.07 Å². The first-order valence-electron chi connectivity index (χ1n) is 4.99. The Morgan fingerprint density at radius 2 is 2.13 bits per heavy atom. The number of hydrogen-bond acceptors (Lipinski definition) is 2. The fourth-order valence-corrected chi connectivity index (χ4v) is 1.67. The van der Waals surface area contributed by atoms with Crippen LogP contribution in [-0.4, -0.2) is 18.3 Å². The van der Waals surface area contributed by atoms with Crippen LogP contribution in [0.25, 0.3) is 0 Å². The van der Waals surface area contributed by atoms with E-state index in [0.717, 1.165) is 31.5 Å². The number of halogens is 2. The second kappa shape index (κ2) is 6.93. The van der Waals surface area contributed by atoms with Crippen molar-refractivity contribution >= 4 is 15.9 Å². The molecule has 0 heterocycles. The molecular formula is C11H15BrFNO. The largest absolute Gasteiger partial charge is 0.396 e. The Morgan fingerprint density at radius 1 is 1.33 bits per heavy atom. The lowest BCUT2D eigenvalue weighted by Gasteiger charge is -2.05. The Labute approximate surface area is 97.6 Å². The van der Waals surface area contributed by atoms with E-state index in [1.165, 1.54) is 6.07 Å². The van der Waals surface area contributed by atoms with Gasteiger partial charge >= 0.3 is 0 Å². The van der Waals surface area contributed by atoms with E-state index in [2.05, 4.69) is 21.2 Å². The summed E-state index contributed by atoms with van der Waals surface area (Å²) in [6.07, 6.45) is 1.78. The van der Waals surface area contributed by atoms with Gasteiger partial charge in [0.05, 0.1) is 4.47 Å². The van der Waals surface area contributed by atoms with Crippen LogP contribution in [0.1, 0.15) is 18.4 Å². The van der Waals surface area contributed by atoms with Crippen LogP contribution in [0, 0.1) is 5.82 Å². The first kappa shape index (κ1) is 12.6. The van der Waals surface area contributed by atoms with Crippen molar-refractivity contribution in [1.29, 1.82) is 0 Å². The average Bonchev–Trinajstić information content (AvgIpc) is 2.23. The van der Waals surface area contributed by atoms with E-state index < -0.39 is 0 Å². The number of hydrogen-bond donors (Lipinski definition) is 2. The minimum Gasteiger partial charge on any atom is -0.396 e. The molecule has 1 rings (SSSR count). The molecule has 2 nitrogen and oxygen atoms in total. The molecule has 0 fully saturated rings. The van der Waals surface area contributed by atoms with E-state index in [0.29, 0.717) is 4.47 Å². The summed E-state index contributed by atoms with van der Waals surface area (Å²) < 4.78 is 13.4. The van der Waals surface area contributed by atoms with Crippen molar-refractivity contribution in [3.8, 4) is 0 Å². The molecular weight excluding hydrogens is 261 g/mol. The molecule has 0 aliphatic carbocycles. The molecule has 0 amide bonds. The first-order chi connectivity index (χ1) is 7.24. The highest BCUT2D eigenvalue weighted by atomic mass is 79.9. The van der Waals surface area contributed by atoms with Crippen molar-refractivity contribution in [2.24, 2.45) is 0 Å². The Morgan fingerprint density at radius 3 is 2.80 bits per heavy atom. The summed E-state index contributed by atoms with van der Waals surface area (Å²) in [7, 11) is 0. The number of nitrogens with one attached hydrogen (secondary N) is 1. The van der Waals surface area contributed by atoms with Crippen LogP contribution >= 0.6 is 15.9 Å². The van der Waals surface area contributed by atoms with Crippen LogP contribution in [0.3, 0.4) is 0 Å². The Hall–Kier alpha value is -0.450. The number of unbranched alkanes of at least 4 members (excludes halogenated alkanes) is 1. The number of aliphatic hydroxyl groups is 1. The first-order valence-corrected chi connectivity index (χ1v) is 5.79. The van der Waals surface area contributed by atoms with Gasteiger partial charge in [0.25, 0.3) is 0 Å². The van der Waals surface area contributed by atoms with Crippen LogP contribution in [-0.2, 0) is 6.54 Å². The summed E-state index contributed by atoms with van der Waals surface area (Å²) in [5, 5.41) is 11.8. The van der Waals surface area contributed by atoms with Gasteiger partial charge in [-0.3, -0.25) is 0 Å². The fourth-order valence-electron chi connectivity index (χ4n) is 1.24. The summed E-state index contributed by atoms with van der Waals surface area (Å²) in [4.78, 5) is 0. The lowest BCUT2D eigenvalue weighted by atomic mass is 10.2. The molecule has 4 heteroatoms. The highest BCUT2D eigenvalue weighted by Gasteiger charge is 1.99. The zero-order valence-corrected chi connectivity index (χ0v) is 10.1. The van der Waals surface area contributed by atoms with Gasteiger partial charge in [0.1, 0.15) is 5.82 Å². The third-order valence-corrected chi connectivity index (χ3v) is 2.68. The van der Waals surface area contributed by atoms with Gasteiger partial charge in [0.15, 0.2) is 0 Å². The third-order valence-electron chi connectivity index (χ3n) is 2.07. The molecule has 15 heavy (non-hydrogen) atoms. The molecule has 0 radical (unpaired) electrons. The van der Waals surface area contributed by atoms with Crippen LogP contribution in [0.4, 0.5) is 4.39 Å². The SMILES string of the molecule is OCCCCNCc1ccc(F)c(Br)c1. The van der Waals surface area contributed by atoms with Crippen molar-refractivity contribution < 1.29 is 9.50 Å². The molecule has 0 aliphatic heterocycles. The number of aliphatic hydroxyl groups excluding tert-OH is 1. The third kappa shape index (κ3) is 4.73. The van der Waals surface area contributed by atoms with E-state index in [1.54, 1.807) is 12.1 Å². The van der Waals surface area contributed by atoms with Gasteiger partial charge < -0.3 is 10.4 Å². The van der Waals surface area contributed by atoms with Crippen LogP contribution in [0.5, 0.6) is 0 Å². The monoisotopic (exact) mass is 275 g/mol. The molecule has 0 saturated carbocycles. The predicted molar refractivity (Wildman–Crippen MR) is 62.1 cm³/mol. The standard InChI is InChI=1S/C11H15BrFNO/c12-10-7-9(3-4-11(10)13)8-14-5-1-2-6-15/h3-4,7,14-15H,1-2,5-6,8H2. The van der Waals surface area contributed by atoms with E-state index in [-0.39, 0.29) is 12.4 Å². The van der Waals surface area contributed by atoms with Gasteiger partial charge in [-0.25, -0.2) is 4.39 Å². The Balaban J connectivity index is 2.28. The molecule has 84 valence electrons. The van der Waals surface area contributed by atoms with Crippen LogP contribution in [0.15, 0.2) is 22.7 Å². The predicted octanol–water partition coefficient (Wildman–Crippen LogP) is 2.45. The minimum absolute atomic E-state index is 0.237. The highest BCUT2D eigenvalue weighted by molar-refractivity contribution is 9.10. The van der Waals surface area contributed by atoms with Crippen LogP contribution < -0.4 is 5.32 Å². The molecule has 1 aromatic carbocycles. The van der Waals surface area contributed by atoms with Gasteiger partial charge in [-0.2, -0.15) is 0 Å². The van der Waals surface area contributed by atoms with E-state index >= 15 is 0 Å². The molecule has 0 spiro atoms. The lowest BCUT2D eigenvalue weighted by Crippen LogP contribution is -2.15. The van der Waals surface area contributed by atoms with Crippen molar-refractivity contribution in [3.63, 3.8) is 0 Å². The maximum Gasteiger partial charge on any atom is 0.137 e. The van der Waals surface area contributed by atoms with Crippen LogP contribution in [0.2, 0.25) is 0 Å². The molecule has 0 unspecified atom stereocenters. The second-order valence-corrected chi connectivity index (χ2v) is 4.21. The quantitative estimate of drug-likeness (QED) is 0.782. The lowest BCUT2D eigenvalue weighted by molar-refractivity contribution is 0.283. The molecule has 0 bridgehead atoms. The van der Waals surface area contributed by atoms with Crippen molar-refractivity contribution in [3.05, 3.63) is 34.1 Å². The average molecular weight is 276 g/mol. The summed E-state index contributed by atoms with van der Waals surface area (Å²) in [6.45, 7) is 1.84.